The molecule has 2 aromatic rings. The standard InChI is InChI=1S/C11H9IN2O2S/c1-2-9(15)14-10(16)7-5-6(12)3-4-8(7)13-11(14)17/h3-5H,2H2,1H3,(H,13,17). The molecule has 0 radical (unpaired) electrons. The largest absolute Gasteiger partial charge is 0.331 e. The number of nitrogens with one attached hydrogen (secondary N) is 1. The molecule has 0 fully saturated rings. The molecule has 2 rings (SSSR count). The van der Waals surface area contributed by atoms with Crippen LogP contribution in [0.2, 0.25) is 0 Å². The van der Waals surface area contributed by atoms with Crippen LogP contribution < -0.4 is 5.56 Å². The molecule has 1 aromatic carbocycles. The second kappa shape index (κ2) is 4.69. The summed E-state index contributed by atoms with van der Waals surface area (Å²) in [6, 6.07) is 5.40. The molecule has 1 aromatic heterocycles. The Balaban J connectivity index is 2.93. The maximum atomic E-state index is 12.2. The third-order valence-electron chi connectivity index (χ3n) is 2.41. The minimum Gasteiger partial charge on any atom is -0.331 e. The summed E-state index contributed by atoms with van der Waals surface area (Å²) in [5.74, 6) is -0.294. The van der Waals surface area contributed by atoms with Crippen LogP contribution in [-0.4, -0.2) is 15.5 Å². The van der Waals surface area contributed by atoms with E-state index in [1.165, 1.54) is 0 Å². The van der Waals surface area contributed by atoms with Gasteiger partial charge in [0.1, 0.15) is 0 Å². The summed E-state index contributed by atoms with van der Waals surface area (Å²) in [5, 5.41) is 0.479. The topological polar surface area (TPSA) is 54.9 Å². The number of carbonyl (C=O) groups excluding carboxylic acids is 1. The number of H-pyrrole nitrogens is 1. The molecule has 0 atom stereocenters. The third kappa shape index (κ3) is 2.19. The molecule has 1 heterocycles. The average Bonchev–Trinajstić information content (AvgIpc) is 2.30. The van der Waals surface area contributed by atoms with Gasteiger partial charge in [0.25, 0.3) is 5.56 Å². The zero-order chi connectivity index (χ0) is 12.6. The minimum absolute atomic E-state index is 0.149. The van der Waals surface area contributed by atoms with Crippen LogP contribution in [0.5, 0.6) is 0 Å². The first kappa shape index (κ1) is 12.4. The Morgan fingerprint density at radius 3 is 2.88 bits per heavy atom. The van der Waals surface area contributed by atoms with Gasteiger partial charge >= 0.3 is 0 Å². The molecule has 0 bridgehead atoms. The SMILES string of the molecule is CCC(=O)n1c(=S)[nH]c2ccc(I)cc2c1=O. The van der Waals surface area contributed by atoms with Gasteiger partial charge in [-0.15, -0.1) is 0 Å². The van der Waals surface area contributed by atoms with Gasteiger partial charge in [0.05, 0.1) is 10.9 Å². The van der Waals surface area contributed by atoms with Gasteiger partial charge < -0.3 is 4.98 Å². The molecular formula is C11H9IN2O2S. The molecule has 17 heavy (non-hydrogen) atoms. The van der Waals surface area contributed by atoms with Crippen molar-refractivity contribution in [2.45, 2.75) is 13.3 Å². The normalized spacial score (nSPS) is 10.7. The minimum atomic E-state index is -0.353. The predicted octanol–water partition coefficient (Wildman–Crippen LogP) is 2.71. The molecular weight excluding hydrogens is 351 g/mol. The number of aromatic amines is 1. The van der Waals surface area contributed by atoms with E-state index in [0.29, 0.717) is 10.9 Å². The molecule has 0 saturated heterocycles. The van der Waals surface area contributed by atoms with Crippen molar-refractivity contribution >= 4 is 51.6 Å². The molecule has 1 N–H and O–H groups in total. The van der Waals surface area contributed by atoms with Crippen LogP contribution in [0, 0.1) is 8.34 Å². The molecule has 4 nitrogen and oxygen atoms in total. The fourth-order valence-electron chi connectivity index (χ4n) is 1.57. The lowest BCUT2D eigenvalue weighted by Gasteiger charge is -2.05. The fourth-order valence-corrected chi connectivity index (χ4v) is 2.36. The maximum absolute atomic E-state index is 12.2. The van der Waals surface area contributed by atoms with Crippen LogP contribution in [0.15, 0.2) is 23.0 Å². The smallest absolute Gasteiger partial charge is 0.269 e. The van der Waals surface area contributed by atoms with Crippen LogP contribution in [0.4, 0.5) is 0 Å². The van der Waals surface area contributed by atoms with Gasteiger partial charge in [-0.25, -0.2) is 4.57 Å². The summed E-state index contributed by atoms with van der Waals surface area (Å²) in [5.41, 5.74) is 0.301. The first-order chi connectivity index (χ1) is 8.04. The summed E-state index contributed by atoms with van der Waals surface area (Å²) < 4.78 is 2.11. The number of rotatable bonds is 1. The Labute approximate surface area is 116 Å². The summed E-state index contributed by atoms with van der Waals surface area (Å²) in [7, 11) is 0. The van der Waals surface area contributed by atoms with Crippen molar-refractivity contribution in [1.82, 2.24) is 9.55 Å². The zero-order valence-electron chi connectivity index (χ0n) is 8.99. The van der Waals surface area contributed by atoms with Gasteiger partial charge in [-0.1, -0.05) is 6.92 Å². The number of aromatic nitrogens is 2. The number of fused-ring (bicyclic) bond motifs is 1. The van der Waals surface area contributed by atoms with Crippen molar-refractivity contribution in [3.63, 3.8) is 0 Å². The van der Waals surface area contributed by atoms with Crippen molar-refractivity contribution in [3.8, 4) is 0 Å². The number of benzene rings is 1. The van der Waals surface area contributed by atoms with E-state index < -0.39 is 0 Å². The van der Waals surface area contributed by atoms with Gasteiger partial charge in [-0.3, -0.25) is 9.59 Å². The van der Waals surface area contributed by atoms with E-state index in [1.807, 2.05) is 6.07 Å². The van der Waals surface area contributed by atoms with Crippen LogP contribution in [0.3, 0.4) is 0 Å². The molecule has 0 aliphatic carbocycles. The number of carbonyl (C=O) groups is 1. The fraction of sp³-hybridized carbons (Fsp3) is 0.182. The van der Waals surface area contributed by atoms with Crippen molar-refractivity contribution in [1.29, 1.82) is 0 Å². The van der Waals surface area contributed by atoms with Gasteiger partial charge in [-0.05, 0) is 53.0 Å². The van der Waals surface area contributed by atoms with Crippen LogP contribution in [-0.2, 0) is 0 Å². The van der Waals surface area contributed by atoms with Gasteiger partial charge in [0, 0.05) is 9.99 Å². The van der Waals surface area contributed by atoms with Gasteiger partial charge in [0.15, 0.2) is 4.77 Å². The summed E-state index contributed by atoms with van der Waals surface area (Å²) in [6.07, 6.45) is 0.243. The highest BCUT2D eigenvalue weighted by atomic mass is 127. The number of nitrogens with zero attached hydrogens (tertiary/aromatic N) is 1. The quantitative estimate of drug-likeness (QED) is 0.629. The van der Waals surface area contributed by atoms with Crippen LogP contribution in [0.25, 0.3) is 10.9 Å². The van der Waals surface area contributed by atoms with Crippen LogP contribution in [0.1, 0.15) is 18.1 Å². The zero-order valence-corrected chi connectivity index (χ0v) is 12.0. The Hall–Kier alpha value is -1.02. The van der Waals surface area contributed by atoms with Crippen molar-refractivity contribution in [2.75, 3.05) is 0 Å². The highest BCUT2D eigenvalue weighted by molar-refractivity contribution is 14.1. The van der Waals surface area contributed by atoms with E-state index in [9.17, 15) is 9.59 Å². The molecule has 0 amide bonds. The first-order valence-corrected chi connectivity index (χ1v) is 6.51. The first-order valence-electron chi connectivity index (χ1n) is 5.02. The van der Waals surface area contributed by atoms with E-state index >= 15 is 0 Å². The number of halogens is 1. The van der Waals surface area contributed by atoms with Gasteiger partial charge in [0.2, 0.25) is 5.91 Å². The lowest BCUT2D eigenvalue weighted by Crippen LogP contribution is -2.27. The van der Waals surface area contributed by atoms with E-state index in [-0.39, 0.29) is 22.7 Å². The molecule has 6 heteroatoms. The second-order valence-corrected chi connectivity index (χ2v) is 5.14. The average molecular weight is 360 g/mol. The molecule has 0 spiro atoms. The van der Waals surface area contributed by atoms with Gasteiger partial charge in [-0.2, -0.15) is 0 Å². The molecule has 88 valence electrons. The maximum Gasteiger partial charge on any atom is 0.269 e. The molecule has 0 aliphatic rings. The predicted molar refractivity (Wildman–Crippen MR) is 77.0 cm³/mol. The summed E-state index contributed by atoms with van der Waals surface area (Å²) in [6.45, 7) is 1.70. The van der Waals surface area contributed by atoms with E-state index in [0.717, 1.165) is 8.14 Å². The van der Waals surface area contributed by atoms with Crippen LogP contribution >= 0.6 is 34.8 Å². The second-order valence-electron chi connectivity index (χ2n) is 3.51. The van der Waals surface area contributed by atoms with Crippen molar-refractivity contribution < 1.29 is 4.79 Å². The Bertz CT molecular complexity index is 717. The van der Waals surface area contributed by atoms with E-state index in [4.69, 9.17) is 12.2 Å². The number of hydrogen-bond donors (Lipinski definition) is 1. The van der Waals surface area contributed by atoms with Crippen molar-refractivity contribution in [2.24, 2.45) is 0 Å². The van der Waals surface area contributed by atoms with E-state index in [2.05, 4.69) is 27.6 Å². The lowest BCUT2D eigenvalue weighted by atomic mass is 10.2. The Morgan fingerprint density at radius 2 is 2.24 bits per heavy atom. The summed E-state index contributed by atoms with van der Waals surface area (Å²) in [4.78, 5) is 26.7. The Morgan fingerprint density at radius 1 is 1.53 bits per heavy atom. The third-order valence-corrected chi connectivity index (χ3v) is 3.37. The van der Waals surface area contributed by atoms with E-state index in [1.54, 1.807) is 19.1 Å². The molecule has 0 saturated carbocycles. The number of hydrogen-bond acceptors (Lipinski definition) is 3. The lowest BCUT2D eigenvalue weighted by molar-refractivity contribution is 0.0902. The molecule has 0 unspecified atom stereocenters. The highest BCUT2D eigenvalue weighted by Gasteiger charge is 2.10. The highest BCUT2D eigenvalue weighted by Crippen LogP contribution is 2.12. The summed E-state index contributed by atoms with van der Waals surface area (Å²) >= 11 is 7.15. The molecule has 0 aliphatic heterocycles. The Kier molecular flexibility index (Phi) is 3.43. The van der Waals surface area contributed by atoms with Crippen molar-refractivity contribution in [3.05, 3.63) is 36.9 Å². The monoisotopic (exact) mass is 360 g/mol.